The van der Waals surface area contributed by atoms with E-state index in [0.717, 1.165) is 38.9 Å². The molecule has 3 aliphatic carbocycles. The molecule has 4 heteroatoms. The second-order valence-corrected chi connectivity index (χ2v) is 8.47. The third-order valence-electron chi connectivity index (χ3n) is 7.24. The Labute approximate surface area is 193 Å². The van der Waals surface area contributed by atoms with Crippen LogP contribution in [0, 0.1) is 0 Å². The summed E-state index contributed by atoms with van der Waals surface area (Å²) in [7, 11) is 4.92. The number of methoxy groups -OCH3 is 3. The summed E-state index contributed by atoms with van der Waals surface area (Å²) in [5, 5.41) is 12.8. The lowest BCUT2D eigenvalue weighted by molar-refractivity contribution is 0.0983. The van der Waals surface area contributed by atoms with Crippen LogP contribution in [0.25, 0.3) is 0 Å². The first-order valence-electron chi connectivity index (χ1n) is 11.0. The lowest BCUT2D eigenvalue weighted by atomic mass is 9.49. The van der Waals surface area contributed by atoms with Crippen molar-refractivity contribution in [2.75, 3.05) is 21.3 Å². The number of benzene rings is 4. The fourth-order valence-corrected chi connectivity index (χ4v) is 6.13. The Kier molecular flexibility index (Phi) is 4.14. The first kappa shape index (κ1) is 19.9. The minimum atomic E-state index is -1.51. The normalized spacial score (nSPS) is 21.6. The third kappa shape index (κ3) is 2.19. The van der Waals surface area contributed by atoms with E-state index in [1.54, 1.807) is 21.3 Å². The summed E-state index contributed by atoms with van der Waals surface area (Å²) in [6, 6.07) is 28.4. The van der Waals surface area contributed by atoms with Crippen LogP contribution >= 0.6 is 0 Å². The highest BCUT2D eigenvalue weighted by molar-refractivity contribution is 5.82. The highest BCUT2D eigenvalue weighted by Gasteiger charge is 2.62. The molecule has 0 aromatic heterocycles. The van der Waals surface area contributed by atoms with Gasteiger partial charge in [0.05, 0.1) is 26.7 Å². The molecule has 164 valence electrons. The van der Waals surface area contributed by atoms with E-state index in [9.17, 15) is 5.11 Å². The largest absolute Gasteiger partial charge is 0.496 e. The summed E-state index contributed by atoms with van der Waals surface area (Å²) in [5.74, 6) is 1.88. The molecule has 33 heavy (non-hydrogen) atoms. The van der Waals surface area contributed by atoms with Crippen molar-refractivity contribution in [3.63, 3.8) is 0 Å². The zero-order chi connectivity index (χ0) is 22.8. The number of aliphatic hydroxyl groups is 1. The Bertz CT molecular complexity index is 1250. The lowest BCUT2D eigenvalue weighted by Crippen LogP contribution is -2.51. The SMILES string of the molecule is COc1cccc2c1C1(O)c3c(OC)cccc3C2(c2ccccc2)c2cccc(OC)c21. The Hall–Kier alpha value is -3.76. The summed E-state index contributed by atoms with van der Waals surface area (Å²) in [6.07, 6.45) is 0. The second-order valence-electron chi connectivity index (χ2n) is 8.47. The topological polar surface area (TPSA) is 47.9 Å². The maximum atomic E-state index is 12.8. The van der Waals surface area contributed by atoms with Crippen molar-refractivity contribution in [3.8, 4) is 17.2 Å². The minimum Gasteiger partial charge on any atom is -0.496 e. The molecule has 4 aromatic carbocycles. The predicted molar refractivity (Wildman–Crippen MR) is 127 cm³/mol. The fraction of sp³-hybridized carbons (Fsp3) is 0.172. The maximum Gasteiger partial charge on any atom is 0.152 e. The molecule has 4 nitrogen and oxygen atoms in total. The molecule has 4 aromatic rings. The summed E-state index contributed by atoms with van der Waals surface area (Å²) >= 11 is 0. The van der Waals surface area contributed by atoms with Crippen LogP contribution in [0.1, 0.15) is 38.9 Å². The van der Waals surface area contributed by atoms with Crippen LogP contribution in [0.4, 0.5) is 0 Å². The second kappa shape index (κ2) is 6.87. The van der Waals surface area contributed by atoms with Crippen LogP contribution in [0.2, 0.25) is 0 Å². The van der Waals surface area contributed by atoms with E-state index in [-0.39, 0.29) is 0 Å². The van der Waals surface area contributed by atoms with Crippen LogP contribution < -0.4 is 14.2 Å². The standard InChI is InChI=1S/C29H24O4/c1-31-22-15-7-12-19-25(22)29(30)26-20(13-8-16-23(26)32-2)28(19,18-10-5-4-6-11-18)21-14-9-17-24(33-3)27(21)29/h4-17,30H,1-3H3. The van der Waals surface area contributed by atoms with Crippen LogP contribution in [0.3, 0.4) is 0 Å². The van der Waals surface area contributed by atoms with Gasteiger partial charge in [0.15, 0.2) is 5.60 Å². The third-order valence-corrected chi connectivity index (χ3v) is 7.24. The molecule has 7 rings (SSSR count). The summed E-state index contributed by atoms with van der Waals surface area (Å²) in [5.41, 5.74) is 4.09. The molecule has 0 atom stereocenters. The van der Waals surface area contributed by atoms with Gasteiger partial charge in [-0.1, -0.05) is 66.7 Å². The summed E-state index contributed by atoms with van der Waals surface area (Å²) < 4.78 is 17.5. The van der Waals surface area contributed by atoms with Crippen LogP contribution in [-0.2, 0) is 11.0 Å². The monoisotopic (exact) mass is 436 g/mol. The van der Waals surface area contributed by atoms with Crippen molar-refractivity contribution >= 4 is 0 Å². The molecule has 0 unspecified atom stereocenters. The van der Waals surface area contributed by atoms with Gasteiger partial charge in [0.25, 0.3) is 0 Å². The zero-order valence-electron chi connectivity index (χ0n) is 18.8. The molecule has 0 amide bonds. The molecule has 3 aliphatic rings. The number of hydrogen-bond acceptors (Lipinski definition) is 4. The van der Waals surface area contributed by atoms with Crippen molar-refractivity contribution < 1.29 is 19.3 Å². The van der Waals surface area contributed by atoms with Crippen LogP contribution in [0.15, 0.2) is 84.9 Å². The van der Waals surface area contributed by atoms with Crippen molar-refractivity contribution in [2.24, 2.45) is 0 Å². The van der Waals surface area contributed by atoms with Crippen molar-refractivity contribution in [1.29, 1.82) is 0 Å². The van der Waals surface area contributed by atoms with Crippen LogP contribution in [-0.4, -0.2) is 26.4 Å². The zero-order valence-corrected chi connectivity index (χ0v) is 18.8. The van der Waals surface area contributed by atoms with Gasteiger partial charge in [0.1, 0.15) is 17.2 Å². The van der Waals surface area contributed by atoms with Gasteiger partial charge >= 0.3 is 0 Å². The van der Waals surface area contributed by atoms with Crippen molar-refractivity contribution in [2.45, 2.75) is 11.0 Å². The molecule has 0 saturated heterocycles. The quantitative estimate of drug-likeness (QED) is 0.489. The molecule has 0 aliphatic heterocycles. The molecule has 2 bridgehead atoms. The van der Waals surface area contributed by atoms with Gasteiger partial charge in [-0.3, -0.25) is 0 Å². The molecule has 0 heterocycles. The van der Waals surface area contributed by atoms with Gasteiger partial charge in [-0.05, 0) is 40.5 Å². The number of rotatable bonds is 4. The molecular formula is C29H24O4. The molecule has 0 spiro atoms. The van der Waals surface area contributed by atoms with Gasteiger partial charge in [0, 0.05) is 16.7 Å². The van der Waals surface area contributed by atoms with Gasteiger partial charge in [-0.2, -0.15) is 0 Å². The van der Waals surface area contributed by atoms with Crippen LogP contribution in [0.5, 0.6) is 17.2 Å². The van der Waals surface area contributed by atoms with E-state index in [1.165, 1.54) is 0 Å². The van der Waals surface area contributed by atoms with E-state index in [4.69, 9.17) is 14.2 Å². The van der Waals surface area contributed by atoms with E-state index in [0.29, 0.717) is 17.2 Å². The maximum absolute atomic E-state index is 12.8. The number of ether oxygens (including phenoxy) is 3. The average molecular weight is 437 g/mol. The lowest BCUT2D eigenvalue weighted by Gasteiger charge is -2.55. The molecule has 0 fully saturated rings. The minimum absolute atomic E-state index is 0.628. The van der Waals surface area contributed by atoms with Crippen molar-refractivity contribution in [3.05, 3.63) is 124 Å². The van der Waals surface area contributed by atoms with E-state index in [1.807, 2.05) is 42.5 Å². The van der Waals surface area contributed by atoms with Gasteiger partial charge in [-0.25, -0.2) is 0 Å². The molecule has 0 saturated carbocycles. The summed E-state index contributed by atoms with van der Waals surface area (Å²) in [4.78, 5) is 0. The molecule has 1 N–H and O–H groups in total. The molecular weight excluding hydrogens is 412 g/mol. The highest BCUT2D eigenvalue weighted by Crippen LogP contribution is 2.67. The van der Waals surface area contributed by atoms with Gasteiger partial charge < -0.3 is 19.3 Å². The first-order chi connectivity index (χ1) is 16.1. The van der Waals surface area contributed by atoms with Gasteiger partial charge in [0.2, 0.25) is 0 Å². The Balaban J connectivity index is 1.94. The smallest absolute Gasteiger partial charge is 0.152 e. The van der Waals surface area contributed by atoms with E-state index in [2.05, 4.69) is 42.5 Å². The fourth-order valence-electron chi connectivity index (χ4n) is 6.13. The number of hydrogen-bond donors (Lipinski definition) is 1. The Morgan fingerprint density at radius 1 is 0.515 bits per heavy atom. The van der Waals surface area contributed by atoms with E-state index < -0.39 is 11.0 Å². The van der Waals surface area contributed by atoms with Gasteiger partial charge in [-0.15, -0.1) is 0 Å². The Morgan fingerprint density at radius 2 is 0.909 bits per heavy atom. The molecule has 0 radical (unpaired) electrons. The predicted octanol–water partition coefficient (Wildman–Crippen LogP) is 5.01. The first-order valence-corrected chi connectivity index (χ1v) is 11.0. The van der Waals surface area contributed by atoms with E-state index >= 15 is 0 Å². The highest BCUT2D eigenvalue weighted by atomic mass is 16.5. The summed E-state index contributed by atoms with van der Waals surface area (Å²) in [6.45, 7) is 0. The Morgan fingerprint density at radius 3 is 1.27 bits per heavy atom. The van der Waals surface area contributed by atoms with Crippen molar-refractivity contribution in [1.82, 2.24) is 0 Å². The average Bonchev–Trinajstić information content (AvgIpc) is 2.88.